The molecular formula is C25H20BrIN2O4. The number of aromatic hydroxyl groups is 1. The van der Waals surface area contributed by atoms with Crippen molar-refractivity contribution in [3.05, 3.63) is 85.4 Å². The second kappa shape index (κ2) is 11.7. The summed E-state index contributed by atoms with van der Waals surface area (Å²) in [5.41, 5.74) is 2.00. The molecular weight excluding hydrogens is 599 g/mol. The smallest absolute Gasteiger partial charge is 0.266 e. The van der Waals surface area contributed by atoms with Crippen LogP contribution in [0, 0.1) is 14.9 Å². The highest BCUT2D eigenvalue weighted by atomic mass is 127. The molecule has 0 aliphatic rings. The van der Waals surface area contributed by atoms with Crippen LogP contribution in [0.4, 0.5) is 5.69 Å². The minimum atomic E-state index is -0.563. The third-order valence-electron chi connectivity index (χ3n) is 4.46. The quantitative estimate of drug-likeness (QED) is 0.134. The summed E-state index contributed by atoms with van der Waals surface area (Å²) in [6.07, 6.45) is 1.48. The summed E-state index contributed by atoms with van der Waals surface area (Å²) in [7, 11) is 0. The lowest BCUT2D eigenvalue weighted by molar-refractivity contribution is -0.112. The number of hydrogen-bond donors (Lipinski definition) is 2. The number of carbonyl (C=O) groups is 1. The first-order valence-corrected chi connectivity index (χ1v) is 11.8. The van der Waals surface area contributed by atoms with E-state index in [1.54, 1.807) is 24.3 Å². The van der Waals surface area contributed by atoms with E-state index in [9.17, 15) is 15.2 Å². The van der Waals surface area contributed by atoms with E-state index in [1.807, 2.05) is 37.3 Å². The van der Waals surface area contributed by atoms with Gasteiger partial charge < -0.3 is 19.9 Å². The highest BCUT2D eigenvalue weighted by Crippen LogP contribution is 2.35. The fourth-order valence-corrected chi connectivity index (χ4v) is 3.63. The van der Waals surface area contributed by atoms with Crippen LogP contribution in [0.3, 0.4) is 0 Å². The second-order valence-corrected chi connectivity index (χ2v) is 8.94. The number of phenols is 1. The standard InChI is InChI=1S/C25H20BrIN2O4/c1-2-32-23-12-17(11-18(14-28)25(31)29-20-7-9-21(30)10-8-20)22(26)13-24(23)33-15-16-3-5-19(27)6-4-16/h3-13,30H,2,15H2,1H3,(H,29,31)/b18-11+. The van der Waals surface area contributed by atoms with Crippen LogP contribution in [0.2, 0.25) is 0 Å². The number of carbonyl (C=O) groups excluding carboxylic acids is 1. The Balaban J connectivity index is 1.83. The molecule has 0 aliphatic heterocycles. The molecule has 2 N–H and O–H groups in total. The molecule has 0 radical (unpaired) electrons. The van der Waals surface area contributed by atoms with Crippen molar-refractivity contribution in [3.63, 3.8) is 0 Å². The van der Waals surface area contributed by atoms with Crippen LogP contribution < -0.4 is 14.8 Å². The second-order valence-electron chi connectivity index (χ2n) is 6.84. The molecule has 3 aromatic rings. The summed E-state index contributed by atoms with van der Waals surface area (Å²) in [5, 5.41) is 21.6. The van der Waals surface area contributed by atoms with Gasteiger partial charge in [-0.05, 0) is 95.2 Å². The van der Waals surface area contributed by atoms with Crippen molar-refractivity contribution in [3.8, 4) is 23.3 Å². The van der Waals surface area contributed by atoms with Crippen LogP contribution in [0.25, 0.3) is 6.08 Å². The summed E-state index contributed by atoms with van der Waals surface area (Å²) in [6, 6.07) is 19.4. The highest BCUT2D eigenvalue weighted by Gasteiger charge is 2.14. The van der Waals surface area contributed by atoms with Crippen LogP contribution in [0.5, 0.6) is 17.2 Å². The maximum atomic E-state index is 12.6. The fraction of sp³-hybridized carbons (Fsp3) is 0.120. The van der Waals surface area contributed by atoms with Crippen LogP contribution >= 0.6 is 38.5 Å². The van der Waals surface area contributed by atoms with E-state index >= 15 is 0 Å². The van der Waals surface area contributed by atoms with Crippen molar-refractivity contribution in [2.75, 3.05) is 11.9 Å². The lowest BCUT2D eigenvalue weighted by Crippen LogP contribution is -2.13. The van der Waals surface area contributed by atoms with Gasteiger partial charge in [-0.25, -0.2) is 0 Å². The molecule has 0 aliphatic carbocycles. The SMILES string of the molecule is CCOc1cc(/C=C(\C#N)C(=O)Nc2ccc(O)cc2)c(Br)cc1OCc1ccc(I)cc1. The maximum Gasteiger partial charge on any atom is 0.266 e. The Morgan fingerprint density at radius 3 is 2.42 bits per heavy atom. The van der Waals surface area contributed by atoms with Gasteiger partial charge in [-0.3, -0.25) is 4.79 Å². The molecule has 0 bridgehead atoms. The Kier molecular flexibility index (Phi) is 8.74. The largest absolute Gasteiger partial charge is 0.508 e. The van der Waals surface area contributed by atoms with Crippen molar-refractivity contribution in [2.45, 2.75) is 13.5 Å². The molecule has 0 unspecified atom stereocenters. The average Bonchev–Trinajstić information content (AvgIpc) is 2.80. The van der Waals surface area contributed by atoms with E-state index < -0.39 is 5.91 Å². The van der Waals surface area contributed by atoms with E-state index in [0.29, 0.717) is 40.4 Å². The number of nitrogens with one attached hydrogen (secondary N) is 1. The molecule has 8 heteroatoms. The van der Waals surface area contributed by atoms with Gasteiger partial charge in [0.2, 0.25) is 0 Å². The summed E-state index contributed by atoms with van der Waals surface area (Å²) in [5.74, 6) is 0.577. The summed E-state index contributed by atoms with van der Waals surface area (Å²) in [6.45, 7) is 2.67. The zero-order valence-electron chi connectivity index (χ0n) is 17.6. The van der Waals surface area contributed by atoms with Crippen molar-refractivity contribution in [1.82, 2.24) is 0 Å². The van der Waals surface area contributed by atoms with Gasteiger partial charge in [0, 0.05) is 13.7 Å². The summed E-state index contributed by atoms with van der Waals surface area (Å²) < 4.78 is 13.5. The molecule has 168 valence electrons. The maximum absolute atomic E-state index is 12.6. The van der Waals surface area contributed by atoms with Crippen molar-refractivity contribution in [2.24, 2.45) is 0 Å². The topological polar surface area (TPSA) is 91.6 Å². The van der Waals surface area contributed by atoms with Gasteiger partial charge in [0.25, 0.3) is 5.91 Å². The molecule has 0 saturated carbocycles. The van der Waals surface area contributed by atoms with Crippen LogP contribution in [-0.4, -0.2) is 17.6 Å². The third kappa shape index (κ3) is 6.97. The van der Waals surface area contributed by atoms with E-state index in [4.69, 9.17) is 9.47 Å². The van der Waals surface area contributed by atoms with Gasteiger partial charge in [0.1, 0.15) is 24.0 Å². The zero-order chi connectivity index (χ0) is 23.8. The van der Waals surface area contributed by atoms with Crippen molar-refractivity contribution >= 4 is 56.2 Å². The van der Waals surface area contributed by atoms with Crippen LogP contribution in [0.1, 0.15) is 18.1 Å². The van der Waals surface area contributed by atoms with E-state index in [0.717, 1.165) is 9.13 Å². The van der Waals surface area contributed by atoms with Gasteiger partial charge in [-0.1, -0.05) is 28.1 Å². The molecule has 0 heterocycles. The van der Waals surface area contributed by atoms with Gasteiger partial charge in [0.05, 0.1) is 6.61 Å². The van der Waals surface area contributed by atoms with E-state index in [1.165, 1.54) is 18.2 Å². The minimum absolute atomic E-state index is 0.0840. The number of anilines is 1. The number of nitriles is 1. The molecule has 0 fully saturated rings. The number of benzene rings is 3. The Morgan fingerprint density at radius 2 is 1.79 bits per heavy atom. The van der Waals surface area contributed by atoms with Gasteiger partial charge in [-0.2, -0.15) is 5.26 Å². The number of hydrogen-bond acceptors (Lipinski definition) is 5. The predicted molar refractivity (Wildman–Crippen MR) is 139 cm³/mol. The fourth-order valence-electron chi connectivity index (χ4n) is 2.83. The molecule has 33 heavy (non-hydrogen) atoms. The molecule has 3 rings (SSSR count). The Bertz CT molecular complexity index is 1200. The number of amides is 1. The van der Waals surface area contributed by atoms with Crippen LogP contribution in [-0.2, 0) is 11.4 Å². The zero-order valence-corrected chi connectivity index (χ0v) is 21.4. The number of ether oxygens (including phenoxy) is 2. The first-order valence-electron chi connectivity index (χ1n) is 9.95. The Hall–Kier alpha value is -3.03. The molecule has 0 spiro atoms. The number of phenolic OH excluding ortho intramolecular Hbond substituents is 1. The summed E-state index contributed by atoms with van der Waals surface area (Å²) in [4.78, 5) is 12.6. The molecule has 3 aromatic carbocycles. The van der Waals surface area contributed by atoms with Gasteiger partial charge >= 0.3 is 0 Å². The lowest BCUT2D eigenvalue weighted by Gasteiger charge is -2.14. The lowest BCUT2D eigenvalue weighted by atomic mass is 10.1. The van der Waals surface area contributed by atoms with Gasteiger partial charge in [-0.15, -0.1) is 0 Å². The molecule has 0 atom stereocenters. The van der Waals surface area contributed by atoms with E-state index in [-0.39, 0.29) is 11.3 Å². The van der Waals surface area contributed by atoms with E-state index in [2.05, 4.69) is 43.8 Å². The molecule has 0 saturated heterocycles. The average molecular weight is 619 g/mol. The highest BCUT2D eigenvalue weighted by molar-refractivity contribution is 14.1. The number of nitrogens with zero attached hydrogens (tertiary/aromatic N) is 1. The van der Waals surface area contributed by atoms with Crippen LogP contribution in [0.15, 0.2) is 70.7 Å². The molecule has 6 nitrogen and oxygen atoms in total. The van der Waals surface area contributed by atoms with Crippen molar-refractivity contribution < 1.29 is 19.4 Å². The minimum Gasteiger partial charge on any atom is -0.508 e. The number of halogens is 2. The third-order valence-corrected chi connectivity index (χ3v) is 5.87. The summed E-state index contributed by atoms with van der Waals surface area (Å²) >= 11 is 5.75. The Morgan fingerprint density at radius 1 is 1.12 bits per heavy atom. The first kappa shape index (κ1) is 24.6. The van der Waals surface area contributed by atoms with Crippen molar-refractivity contribution in [1.29, 1.82) is 5.26 Å². The molecule has 1 amide bonds. The molecule has 0 aromatic heterocycles. The first-order chi connectivity index (χ1) is 15.9. The monoisotopic (exact) mass is 618 g/mol. The number of rotatable bonds is 8. The normalized spacial score (nSPS) is 10.9. The predicted octanol–water partition coefficient (Wildman–Crippen LogP) is 6.28. The van der Waals surface area contributed by atoms with Gasteiger partial charge in [0.15, 0.2) is 11.5 Å². The Labute approximate surface area is 214 Å².